The number of nitriles is 1. The fraction of sp³-hybridized carbons (Fsp3) is 0.414. The number of pyridine rings is 1. The van der Waals surface area contributed by atoms with Crippen molar-refractivity contribution in [1.82, 2.24) is 15.2 Å². The van der Waals surface area contributed by atoms with E-state index in [4.69, 9.17) is 10.5 Å². The number of aromatic amines is 1. The van der Waals surface area contributed by atoms with Gasteiger partial charge in [-0.3, -0.25) is 19.3 Å². The minimum Gasteiger partial charge on any atom is -0.444 e. The molecule has 3 aromatic rings. The Morgan fingerprint density at radius 1 is 1.20 bits per heavy atom. The Kier molecular flexibility index (Phi) is 6.74. The molecular formula is C29H30FN5O5. The second-order valence-corrected chi connectivity index (χ2v) is 11.5. The average Bonchev–Trinajstić information content (AvgIpc) is 3.50. The zero-order valence-electron chi connectivity index (χ0n) is 22.4. The topological polar surface area (TPSA) is 158 Å². The number of benzene rings is 2. The number of ether oxygens (including phenoxy) is 1. The van der Waals surface area contributed by atoms with Crippen LogP contribution in [-0.4, -0.2) is 51.5 Å². The molecule has 1 unspecified atom stereocenters. The molecule has 1 saturated carbocycles. The Hall–Kier alpha value is -4.46. The predicted octanol–water partition coefficient (Wildman–Crippen LogP) is 3.26. The number of rotatable bonds is 5. The third-order valence-electron chi connectivity index (χ3n) is 7.60. The number of aromatic nitrogens is 1. The molecule has 208 valence electrons. The largest absolute Gasteiger partial charge is 0.444 e. The zero-order valence-corrected chi connectivity index (χ0v) is 22.4. The van der Waals surface area contributed by atoms with Gasteiger partial charge in [-0.15, -0.1) is 0 Å². The van der Waals surface area contributed by atoms with Crippen molar-refractivity contribution in [3.8, 4) is 6.07 Å². The van der Waals surface area contributed by atoms with Crippen LogP contribution in [0.1, 0.15) is 56.0 Å². The highest BCUT2D eigenvalue weighted by molar-refractivity contribution is 6.08. The summed E-state index contributed by atoms with van der Waals surface area (Å²) in [5.41, 5.74) is 4.60. The summed E-state index contributed by atoms with van der Waals surface area (Å²) in [6.45, 7) is 5.31. The first-order chi connectivity index (χ1) is 18.9. The van der Waals surface area contributed by atoms with Crippen LogP contribution in [0.3, 0.4) is 0 Å². The molecule has 40 heavy (non-hydrogen) atoms. The van der Waals surface area contributed by atoms with Gasteiger partial charge in [0.1, 0.15) is 23.5 Å². The zero-order chi connectivity index (χ0) is 28.9. The maximum Gasteiger partial charge on any atom is 0.411 e. The SMILES string of the molecule is CC(C)(C)OC(=O)N1[C@@H]2CC[C@@H](C2)[C@H]1C(=O)NC(C#N)Cc1ccc2c(c1)c(=O)[nH]c1c(F)cc(C(N)=O)cc12. The Morgan fingerprint density at radius 3 is 2.62 bits per heavy atom. The van der Waals surface area contributed by atoms with Crippen molar-refractivity contribution in [2.75, 3.05) is 0 Å². The lowest BCUT2D eigenvalue weighted by Gasteiger charge is -2.35. The molecule has 4 N–H and O–H groups in total. The van der Waals surface area contributed by atoms with Crippen LogP contribution < -0.4 is 16.6 Å². The van der Waals surface area contributed by atoms with Crippen LogP contribution in [-0.2, 0) is 16.0 Å². The van der Waals surface area contributed by atoms with E-state index in [9.17, 15) is 28.8 Å². The van der Waals surface area contributed by atoms with Gasteiger partial charge in [0.05, 0.1) is 11.6 Å². The van der Waals surface area contributed by atoms with Crippen molar-refractivity contribution in [3.63, 3.8) is 0 Å². The lowest BCUT2D eigenvalue weighted by molar-refractivity contribution is -0.128. The highest BCUT2D eigenvalue weighted by Crippen LogP contribution is 2.43. The van der Waals surface area contributed by atoms with Gasteiger partial charge >= 0.3 is 6.09 Å². The molecular weight excluding hydrogens is 517 g/mol. The number of nitrogens with zero attached hydrogens (tertiary/aromatic N) is 2. The summed E-state index contributed by atoms with van der Waals surface area (Å²) < 4.78 is 20.1. The van der Waals surface area contributed by atoms with Crippen LogP contribution >= 0.6 is 0 Å². The molecule has 4 atom stereocenters. The van der Waals surface area contributed by atoms with E-state index in [0.717, 1.165) is 18.9 Å². The first kappa shape index (κ1) is 27.1. The summed E-state index contributed by atoms with van der Waals surface area (Å²) in [5.74, 6) is -1.99. The van der Waals surface area contributed by atoms with E-state index in [-0.39, 0.29) is 34.8 Å². The number of carbonyl (C=O) groups is 3. The second kappa shape index (κ2) is 9.93. The maximum absolute atomic E-state index is 14.6. The van der Waals surface area contributed by atoms with Crippen molar-refractivity contribution < 1.29 is 23.5 Å². The smallest absolute Gasteiger partial charge is 0.411 e. The van der Waals surface area contributed by atoms with E-state index >= 15 is 0 Å². The van der Waals surface area contributed by atoms with Gasteiger partial charge in [0.2, 0.25) is 11.8 Å². The molecule has 5 rings (SSSR count). The van der Waals surface area contributed by atoms with Crippen molar-refractivity contribution in [1.29, 1.82) is 5.26 Å². The van der Waals surface area contributed by atoms with Crippen LogP contribution in [0.15, 0.2) is 35.1 Å². The lowest BCUT2D eigenvalue weighted by atomic mass is 9.96. The number of nitrogens with one attached hydrogen (secondary N) is 2. The molecule has 10 nitrogen and oxygen atoms in total. The van der Waals surface area contributed by atoms with Crippen LogP contribution in [0.4, 0.5) is 9.18 Å². The summed E-state index contributed by atoms with van der Waals surface area (Å²) in [6.07, 6.45) is 1.90. The minimum absolute atomic E-state index is 0.00458. The van der Waals surface area contributed by atoms with Crippen LogP contribution in [0.5, 0.6) is 0 Å². The summed E-state index contributed by atoms with van der Waals surface area (Å²) in [4.78, 5) is 54.8. The fourth-order valence-corrected chi connectivity index (χ4v) is 5.94. The standard InChI is InChI=1S/C29H30FN5O5/c1-29(2,3)40-28(39)35-18-6-5-15(10-18)24(35)27(38)33-17(13-31)8-14-4-7-19-20-11-16(25(32)36)12-22(30)23(20)34-26(37)21(19)9-14/h4,7,9,11-12,15,17-18,24H,5-6,8,10H2,1-3H3,(H2,32,36)(H,33,38)(H,34,37)/t15-,17?,18+,24-/m0/s1. The molecule has 3 amide bonds. The summed E-state index contributed by atoms with van der Waals surface area (Å²) in [5, 5.41) is 13.6. The monoisotopic (exact) mass is 547 g/mol. The summed E-state index contributed by atoms with van der Waals surface area (Å²) >= 11 is 0. The van der Waals surface area contributed by atoms with E-state index in [1.165, 1.54) is 11.0 Å². The highest BCUT2D eigenvalue weighted by atomic mass is 19.1. The first-order valence-electron chi connectivity index (χ1n) is 13.2. The van der Waals surface area contributed by atoms with E-state index < -0.39 is 47.0 Å². The third kappa shape index (κ3) is 4.97. The maximum atomic E-state index is 14.6. The normalized spacial score (nSPS) is 20.9. The number of halogens is 1. The molecule has 11 heteroatoms. The lowest BCUT2D eigenvalue weighted by Crippen LogP contribution is -2.55. The number of hydrogen-bond donors (Lipinski definition) is 3. The van der Waals surface area contributed by atoms with Gasteiger partial charge in [-0.05, 0) is 75.1 Å². The van der Waals surface area contributed by atoms with Crippen molar-refractivity contribution in [2.24, 2.45) is 11.7 Å². The number of carbonyl (C=O) groups excluding carboxylic acids is 3. The molecule has 1 aliphatic carbocycles. The number of likely N-dealkylation sites (tertiary alicyclic amines) is 1. The Bertz CT molecular complexity index is 1650. The highest BCUT2D eigenvalue weighted by Gasteiger charge is 2.52. The molecule has 2 bridgehead atoms. The van der Waals surface area contributed by atoms with E-state index in [1.54, 1.807) is 39.0 Å². The Morgan fingerprint density at radius 2 is 1.95 bits per heavy atom. The predicted molar refractivity (Wildman–Crippen MR) is 145 cm³/mol. The Balaban J connectivity index is 1.39. The average molecular weight is 548 g/mol. The quantitative estimate of drug-likeness (QED) is 0.416. The van der Waals surface area contributed by atoms with E-state index in [2.05, 4.69) is 16.4 Å². The van der Waals surface area contributed by atoms with Gasteiger partial charge in [-0.2, -0.15) is 5.26 Å². The number of primary amides is 1. The summed E-state index contributed by atoms with van der Waals surface area (Å²) in [7, 11) is 0. The van der Waals surface area contributed by atoms with Crippen molar-refractivity contribution >= 4 is 39.6 Å². The number of H-pyrrole nitrogens is 1. The van der Waals surface area contributed by atoms with Crippen molar-refractivity contribution in [3.05, 3.63) is 57.6 Å². The molecule has 0 spiro atoms. The minimum atomic E-state index is -0.928. The van der Waals surface area contributed by atoms with E-state index in [0.29, 0.717) is 22.8 Å². The van der Waals surface area contributed by atoms with Gasteiger partial charge in [0.25, 0.3) is 5.56 Å². The van der Waals surface area contributed by atoms with Gasteiger partial charge in [0, 0.05) is 28.8 Å². The van der Waals surface area contributed by atoms with Crippen LogP contribution in [0, 0.1) is 23.1 Å². The van der Waals surface area contributed by atoms with Gasteiger partial charge < -0.3 is 20.8 Å². The number of hydrogen-bond acceptors (Lipinski definition) is 6. The summed E-state index contributed by atoms with van der Waals surface area (Å²) in [6, 6.07) is 7.64. The van der Waals surface area contributed by atoms with Gasteiger partial charge in [-0.1, -0.05) is 12.1 Å². The molecule has 2 aliphatic rings. The fourth-order valence-electron chi connectivity index (χ4n) is 5.94. The van der Waals surface area contributed by atoms with Gasteiger partial charge in [0.15, 0.2) is 0 Å². The number of amides is 3. The van der Waals surface area contributed by atoms with E-state index in [1.807, 2.05) is 0 Å². The molecule has 2 fully saturated rings. The molecule has 1 aromatic heterocycles. The second-order valence-electron chi connectivity index (χ2n) is 11.5. The van der Waals surface area contributed by atoms with Crippen molar-refractivity contribution in [2.45, 2.75) is 70.2 Å². The first-order valence-corrected chi connectivity index (χ1v) is 13.2. The Labute approximate surface area is 229 Å². The number of piperidine rings is 1. The third-order valence-corrected chi connectivity index (χ3v) is 7.60. The molecule has 2 aromatic carbocycles. The molecule has 1 saturated heterocycles. The van der Waals surface area contributed by atoms with Crippen LogP contribution in [0.25, 0.3) is 21.7 Å². The molecule has 1 aliphatic heterocycles. The number of fused-ring (bicyclic) bond motifs is 5. The molecule has 0 radical (unpaired) electrons. The van der Waals surface area contributed by atoms with Crippen LogP contribution in [0.2, 0.25) is 0 Å². The number of nitrogens with two attached hydrogens (primary N) is 1. The van der Waals surface area contributed by atoms with Gasteiger partial charge in [-0.25, -0.2) is 9.18 Å². The molecule has 2 heterocycles.